The molecule has 0 bridgehead atoms. The second-order valence-corrected chi connectivity index (χ2v) is 12.5. The van der Waals surface area contributed by atoms with E-state index in [0.717, 1.165) is 29.8 Å². The predicted molar refractivity (Wildman–Crippen MR) is 169 cm³/mol. The van der Waals surface area contributed by atoms with Gasteiger partial charge in [0.25, 0.3) is 0 Å². The molecule has 2 fully saturated rings. The lowest BCUT2D eigenvalue weighted by Crippen LogP contribution is -2.25. The predicted octanol–water partition coefficient (Wildman–Crippen LogP) is 8.54. The fraction of sp³-hybridized carbons (Fsp3) is 0.595. The topological polar surface area (TPSA) is 65.0 Å². The number of rotatable bonds is 15. The van der Waals surface area contributed by atoms with Crippen LogP contribution in [0.3, 0.4) is 0 Å². The summed E-state index contributed by atoms with van der Waals surface area (Å²) in [7, 11) is 0. The number of carbonyl (C=O) groups excluding carboxylic acids is 1. The van der Waals surface area contributed by atoms with Crippen molar-refractivity contribution in [3.8, 4) is 11.5 Å². The van der Waals surface area contributed by atoms with Gasteiger partial charge in [-0.3, -0.25) is 0 Å². The molecule has 0 saturated heterocycles. The Morgan fingerprint density at radius 1 is 0.833 bits per heavy atom. The molecule has 0 atom stereocenters. The summed E-state index contributed by atoms with van der Waals surface area (Å²) in [5.74, 6) is 4.30. The largest absolute Gasteiger partial charge is 0.491 e. The Bertz CT molecular complexity index is 1110. The number of aliphatic hydroxyl groups is 1. The highest BCUT2D eigenvalue weighted by atomic mass is 16.6. The van der Waals surface area contributed by atoms with Gasteiger partial charge >= 0.3 is 5.97 Å². The fourth-order valence-corrected chi connectivity index (χ4v) is 7.01. The Balaban J connectivity index is 1.29. The zero-order chi connectivity index (χ0) is 29.7. The number of aliphatic hydroxyl groups excluding tert-OH is 1. The third-order valence-corrected chi connectivity index (χ3v) is 9.43. The average Bonchev–Trinajstić information content (AvgIpc) is 3.02. The van der Waals surface area contributed by atoms with Crippen molar-refractivity contribution in [3.63, 3.8) is 0 Å². The van der Waals surface area contributed by atoms with Gasteiger partial charge in [-0.1, -0.05) is 50.6 Å². The first-order valence-corrected chi connectivity index (χ1v) is 16.4. The number of carbonyl (C=O) groups is 1. The number of benzene rings is 2. The summed E-state index contributed by atoms with van der Waals surface area (Å²) in [6.45, 7) is 8.55. The molecular weight excluding hydrogens is 524 g/mol. The average molecular weight is 577 g/mol. The second kappa shape index (κ2) is 16.7. The molecule has 2 aliphatic rings. The summed E-state index contributed by atoms with van der Waals surface area (Å²) in [5.41, 5.74) is 4.50. The zero-order valence-corrected chi connectivity index (χ0v) is 26.0. The Labute approximate surface area is 253 Å². The fourth-order valence-electron chi connectivity index (χ4n) is 7.01. The van der Waals surface area contributed by atoms with Crippen LogP contribution in [0.2, 0.25) is 0 Å². The molecule has 2 saturated carbocycles. The maximum Gasteiger partial charge on any atom is 0.333 e. The number of aryl methyl sites for hydroxylation is 1. The van der Waals surface area contributed by atoms with Gasteiger partial charge in [-0.05, 0) is 130 Å². The second-order valence-electron chi connectivity index (χ2n) is 12.5. The lowest BCUT2D eigenvalue weighted by atomic mass is 9.67. The first-order chi connectivity index (χ1) is 20.5. The molecule has 0 heterocycles. The number of hydrogen-bond acceptors (Lipinski definition) is 5. The molecule has 5 heteroatoms. The third-order valence-electron chi connectivity index (χ3n) is 9.43. The molecule has 5 nitrogen and oxygen atoms in total. The van der Waals surface area contributed by atoms with Gasteiger partial charge in [0.1, 0.15) is 31.3 Å². The standard InChI is InChI=1S/C37H52O5/c1-4-5-6-7-28-8-21-35(36(26-28)41-24-25-42-37(39)27(2)3)33-15-13-31(14-16-33)29-9-11-30(12-10-29)32-17-19-34(20-18-32)40-23-22-38/h8,17-21,26,29-31,33,38H,2,4-7,9-16,22-25H2,1,3H3. The van der Waals surface area contributed by atoms with E-state index in [1.807, 2.05) is 12.1 Å². The van der Waals surface area contributed by atoms with Crippen molar-refractivity contribution >= 4 is 5.97 Å². The maximum atomic E-state index is 11.8. The summed E-state index contributed by atoms with van der Waals surface area (Å²) in [6, 6.07) is 15.4. The van der Waals surface area contributed by atoms with Crippen molar-refractivity contribution in [1.29, 1.82) is 0 Å². The van der Waals surface area contributed by atoms with Crippen LogP contribution in [-0.2, 0) is 16.0 Å². The summed E-state index contributed by atoms with van der Waals surface area (Å²) >= 11 is 0. The molecule has 1 N–H and O–H groups in total. The lowest BCUT2D eigenvalue weighted by Gasteiger charge is -2.38. The van der Waals surface area contributed by atoms with E-state index in [2.05, 4.69) is 43.8 Å². The van der Waals surface area contributed by atoms with Gasteiger partial charge in [0.2, 0.25) is 0 Å². The van der Waals surface area contributed by atoms with Crippen LogP contribution in [-0.4, -0.2) is 37.5 Å². The van der Waals surface area contributed by atoms with Gasteiger partial charge < -0.3 is 19.3 Å². The monoisotopic (exact) mass is 576 g/mol. The summed E-state index contributed by atoms with van der Waals surface area (Å²) in [6.07, 6.45) is 15.0. The van der Waals surface area contributed by atoms with E-state index in [1.165, 1.54) is 87.3 Å². The molecular formula is C37H52O5. The van der Waals surface area contributed by atoms with Crippen molar-refractivity contribution < 1.29 is 24.1 Å². The summed E-state index contributed by atoms with van der Waals surface area (Å²) in [4.78, 5) is 11.8. The van der Waals surface area contributed by atoms with Crippen LogP contribution in [0.25, 0.3) is 0 Å². The van der Waals surface area contributed by atoms with E-state index in [1.54, 1.807) is 6.92 Å². The molecule has 230 valence electrons. The Morgan fingerprint density at radius 2 is 1.50 bits per heavy atom. The molecule has 2 aromatic rings. The smallest absolute Gasteiger partial charge is 0.333 e. The zero-order valence-electron chi connectivity index (χ0n) is 26.0. The first-order valence-electron chi connectivity index (χ1n) is 16.4. The van der Waals surface area contributed by atoms with Crippen LogP contribution in [0, 0.1) is 11.8 Å². The van der Waals surface area contributed by atoms with Gasteiger partial charge in [-0.15, -0.1) is 0 Å². The minimum absolute atomic E-state index is 0.0445. The minimum Gasteiger partial charge on any atom is -0.491 e. The highest BCUT2D eigenvalue weighted by molar-refractivity contribution is 5.86. The Hall–Kier alpha value is -2.79. The molecule has 0 aromatic heterocycles. The molecule has 0 spiro atoms. The number of hydrogen-bond donors (Lipinski definition) is 1. The normalized spacial score (nSPS) is 22.4. The van der Waals surface area contributed by atoms with E-state index in [0.29, 0.717) is 30.6 Å². The molecule has 2 aromatic carbocycles. The molecule has 4 rings (SSSR count). The maximum absolute atomic E-state index is 11.8. The van der Waals surface area contributed by atoms with E-state index in [-0.39, 0.29) is 19.2 Å². The Morgan fingerprint density at radius 3 is 2.12 bits per heavy atom. The molecule has 0 amide bonds. The van der Waals surface area contributed by atoms with Crippen molar-refractivity contribution in [2.75, 3.05) is 26.4 Å². The van der Waals surface area contributed by atoms with Gasteiger partial charge in [0, 0.05) is 5.57 Å². The summed E-state index contributed by atoms with van der Waals surface area (Å²) in [5, 5.41) is 8.97. The van der Waals surface area contributed by atoms with E-state index in [9.17, 15) is 4.79 Å². The highest BCUT2D eigenvalue weighted by Crippen LogP contribution is 2.47. The number of ether oxygens (including phenoxy) is 3. The van der Waals surface area contributed by atoms with Gasteiger partial charge in [-0.25, -0.2) is 4.79 Å². The van der Waals surface area contributed by atoms with E-state index >= 15 is 0 Å². The first kappa shape index (κ1) is 32.1. The van der Waals surface area contributed by atoms with E-state index in [4.69, 9.17) is 19.3 Å². The number of unbranched alkanes of at least 4 members (excludes halogenated alkanes) is 2. The minimum atomic E-state index is -0.360. The van der Waals surface area contributed by atoms with Crippen LogP contribution in [0.4, 0.5) is 0 Å². The quantitative estimate of drug-likeness (QED) is 0.131. The van der Waals surface area contributed by atoms with Crippen LogP contribution >= 0.6 is 0 Å². The SMILES string of the molecule is C=C(C)C(=O)OCCOc1cc(CCCCC)ccc1C1CCC(C2CCC(c3ccc(OCCO)cc3)CC2)CC1. The molecule has 42 heavy (non-hydrogen) atoms. The van der Waals surface area contributed by atoms with Gasteiger partial charge in [0.15, 0.2) is 0 Å². The summed E-state index contributed by atoms with van der Waals surface area (Å²) < 4.78 is 17.1. The van der Waals surface area contributed by atoms with E-state index < -0.39 is 0 Å². The molecule has 0 unspecified atom stereocenters. The van der Waals surface area contributed by atoms with Gasteiger partial charge in [0.05, 0.1) is 6.61 Å². The lowest BCUT2D eigenvalue weighted by molar-refractivity contribution is -0.139. The molecule has 0 aliphatic heterocycles. The van der Waals surface area contributed by atoms with Crippen molar-refractivity contribution in [1.82, 2.24) is 0 Å². The van der Waals surface area contributed by atoms with Crippen LogP contribution in [0.1, 0.15) is 113 Å². The van der Waals surface area contributed by atoms with Crippen molar-refractivity contribution in [2.45, 2.75) is 103 Å². The van der Waals surface area contributed by atoms with Crippen LogP contribution in [0.5, 0.6) is 11.5 Å². The third kappa shape index (κ3) is 9.36. The van der Waals surface area contributed by atoms with Crippen LogP contribution < -0.4 is 9.47 Å². The van der Waals surface area contributed by atoms with Crippen molar-refractivity contribution in [3.05, 3.63) is 71.3 Å². The molecule has 0 radical (unpaired) electrons. The van der Waals surface area contributed by atoms with Gasteiger partial charge in [-0.2, -0.15) is 0 Å². The molecule has 2 aliphatic carbocycles. The highest BCUT2D eigenvalue weighted by Gasteiger charge is 2.32. The van der Waals surface area contributed by atoms with Crippen LogP contribution in [0.15, 0.2) is 54.6 Å². The Kier molecular flexibility index (Phi) is 12.8. The number of esters is 1. The van der Waals surface area contributed by atoms with Crippen molar-refractivity contribution in [2.24, 2.45) is 11.8 Å².